The molecule has 0 saturated heterocycles. The molecule has 0 spiro atoms. The maximum Gasteiger partial charge on any atom is 0.163 e. The highest BCUT2D eigenvalue weighted by Crippen LogP contribution is 2.28. The Morgan fingerprint density at radius 3 is 2.66 bits per heavy atom. The van der Waals surface area contributed by atoms with Crippen LogP contribution in [0, 0.1) is 0 Å². The fraction of sp³-hybridized carbons (Fsp3) is 0.292. The molecule has 8 heteroatoms. The van der Waals surface area contributed by atoms with E-state index in [1.54, 1.807) is 10.9 Å². The highest BCUT2D eigenvalue weighted by molar-refractivity contribution is 7.16. The Morgan fingerprint density at radius 2 is 1.94 bits per heavy atom. The molecule has 0 atom stereocenters. The van der Waals surface area contributed by atoms with E-state index in [2.05, 4.69) is 53.5 Å². The van der Waals surface area contributed by atoms with Crippen molar-refractivity contribution in [3.63, 3.8) is 0 Å². The molecule has 3 aromatic heterocycles. The van der Waals surface area contributed by atoms with Crippen molar-refractivity contribution < 1.29 is 0 Å². The number of nitrogens with one attached hydrogen (secondary N) is 2. The number of benzene rings is 1. The monoisotopic (exact) mass is 447 g/mol. The molecule has 3 heterocycles. The first kappa shape index (κ1) is 21.8. The number of nitrogens with zero attached hydrogens (tertiary/aromatic N) is 4. The van der Waals surface area contributed by atoms with Crippen LogP contribution in [0.4, 0.5) is 16.5 Å². The molecule has 4 N–H and O–H groups in total. The van der Waals surface area contributed by atoms with Gasteiger partial charge in [0.05, 0.1) is 21.5 Å². The van der Waals surface area contributed by atoms with E-state index in [9.17, 15) is 0 Å². The Morgan fingerprint density at radius 1 is 1.12 bits per heavy atom. The number of unbranched alkanes of at least 4 members (excludes halogenated alkanes) is 2. The normalized spacial score (nSPS) is 11.1. The van der Waals surface area contributed by atoms with Gasteiger partial charge in [0.25, 0.3) is 0 Å². The molecule has 0 aliphatic heterocycles. The van der Waals surface area contributed by atoms with Crippen molar-refractivity contribution in [3.05, 3.63) is 65.4 Å². The smallest absolute Gasteiger partial charge is 0.163 e. The number of thiophene rings is 1. The van der Waals surface area contributed by atoms with Gasteiger partial charge in [0.2, 0.25) is 0 Å². The summed E-state index contributed by atoms with van der Waals surface area (Å²) in [6.07, 6.45) is 6.07. The third-order valence-electron chi connectivity index (χ3n) is 5.26. The highest BCUT2D eigenvalue weighted by atomic mass is 32.1. The van der Waals surface area contributed by atoms with E-state index in [-0.39, 0.29) is 0 Å². The third-order valence-corrected chi connectivity index (χ3v) is 6.23. The number of hydrogen-bond acceptors (Lipinski definition) is 7. The van der Waals surface area contributed by atoms with Gasteiger partial charge in [-0.05, 0) is 36.2 Å². The molecular weight excluding hydrogens is 418 g/mol. The van der Waals surface area contributed by atoms with Gasteiger partial charge in [-0.1, -0.05) is 38.5 Å². The van der Waals surface area contributed by atoms with Crippen LogP contribution >= 0.6 is 11.3 Å². The van der Waals surface area contributed by atoms with Crippen LogP contribution in [0.15, 0.2) is 49.2 Å². The molecular formula is C24H29N7S. The lowest BCUT2D eigenvalue weighted by Gasteiger charge is -2.11. The van der Waals surface area contributed by atoms with E-state index < -0.39 is 0 Å². The molecule has 1 aromatic carbocycles. The van der Waals surface area contributed by atoms with Crippen LogP contribution in [0.3, 0.4) is 0 Å². The van der Waals surface area contributed by atoms with Crippen LogP contribution in [-0.4, -0.2) is 26.3 Å². The summed E-state index contributed by atoms with van der Waals surface area (Å²) < 4.78 is 1.76. The van der Waals surface area contributed by atoms with Crippen molar-refractivity contribution in [1.29, 1.82) is 0 Å². The van der Waals surface area contributed by atoms with Gasteiger partial charge < -0.3 is 16.4 Å². The number of rotatable bonds is 10. The number of nitrogens with two attached hydrogens (primary N) is 1. The molecule has 166 valence electrons. The van der Waals surface area contributed by atoms with Crippen molar-refractivity contribution >= 4 is 44.6 Å². The van der Waals surface area contributed by atoms with Crippen LogP contribution in [0.5, 0.6) is 0 Å². The van der Waals surface area contributed by atoms with Crippen molar-refractivity contribution in [2.24, 2.45) is 7.05 Å². The summed E-state index contributed by atoms with van der Waals surface area (Å²) in [6, 6.07) is 12.3. The Balaban J connectivity index is 1.53. The number of nitrogen functional groups attached to an aromatic ring is 1. The number of aromatic nitrogens is 4. The molecule has 0 aliphatic rings. The molecule has 4 aromatic rings. The molecule has 4 rings (SSSR count). The lowest BCUT2D eigenvalue weighted by Crippen LogP contribution is -2.06. The SMILES string of the molecule is C=C(Nc1nc(Cc2ccc(NCCCCC)cc2)nc2c1cnn2C)c1ccc(N)s1. The minimum absolute atomic E-state index is 0.629. The molecule has 7 nitrogen and oxygen atoms in total. The maximum absolute atomic E-state index is 5.87. The Labute approximate surface area is 192 Å². The average molecular weight is 448 g/mol. The Kier molecular flexibility index (Phi) is 6.70. The Hall–Kier alpha value is -3.39. The van der Waals surface area contributed by atoms with Gasteiger partial charge in [0.1, 0.15) is 11.6 Å². The van der Waals surface area contributed by atoms with Gasteiger partial charge in [0.15, 0.2) is 5.65 Å². The van der Waals surface area contributed by atoms with Gasteiger partial charge >= 0.3 is 0 Å². The van der Waals surface area contributed by atoms with Crippen LogP contribution < -0.4 is 16.4 Å². The fourth-order valence-corrected chi connectivity index (χ4v) is 4.19. The minimum Gasteiger partial charge on any atom is -0.391 e. The van der Waals surface area contributed by atoms with Gasteiger partial charge in [-0.25, -0.2) is 9.97 Å². The zero-order valence-corrected chi connectivity index (χ0v) is 19.4. The van der Waals surface area contributed by atoms with Gasteiger partial charge in [-0.3, -0.25) is 4.68 Å². The fourth-order valence-electron chi connectivity index (χ4n) is 3.49. The summed E-state index contributed by atoms with van der Waals surface area (Å²) >= 11 is 1.49. The van der Waals surface area contributed by atoms with E-state index in [1.807, 2.05) is 19.2 Å². The molecule has 0 bridgehead atoms. The van der Waals surface area contributed by atoms with E-state index in [0.717, 1.165) is 50.2 Å². The van der Waals surface area contributed by atoms with Crippen molar-refractivity contribution in [2.75, 3.05) is 22.9 Å². The summed E-state index contributed by atoms with van der Waals surface area (Å²) in [4.78, 5) is 10.5. The lowest BCUT2D eigenvalue weighted by molar-refractivity contribution is 0.744. The number of hydrogen-bond donors (Lipinski definition) is 3. The number of aryl methyl sites for hydroxylation is 1. The summed E-state index contributed by atoms with van der Waals surface area (Å²) in [5.74, 6) is 1.43. The van der Waals surface area contributed by atoms with E-state index in [1.165, 1.54) is 30.6 Å². The summed E-state index contributed by atoms with van der Waals surface area (Å²) in [5.41, 5.74) is 9.70. The predicted octanol–water partition coefficient (Wildman–Crippen LogP) is 5.28. The summed E-state index contributed by atoms with van der Waals surface area (Å²) in [7, 11) is 1.89. The van der Waals surface area contributed by atoms with E-state index >= 15 is 0 Å². The predicted molar refractivity (Wildman–Crippen MR) is 135 cm³/mol. The van der Waals surface area contributed by atoms with Crippen LogP contribution in [-0.2, 0) is 13.5 Å². The summed E-state index contributed by atoms with van der Waals surface area (Å²) in [5, 5.41) is 12.8. The molecule has 0 unspecified atom stereocenters. The van der Waals surface area contributed by atoms with Crippen molar-refractivity contribution in [3.8, 4) is 0 Å². The second-order valence-corrected chi connectivity index (χ2v) is 8.92. The van der Waals surface area contributed by atoms with Gasteiger partial charge in [-0.2, -0.15) is 5.10 Å². The zero-order chi connectivity index (χ0) is 22.5. The van der Waals surface area contributed by atoms with Crippen molar-refractivity contribution in [1.82, 2.24) is 19.7 Å². The van der Waals surface area contributed by atoms with E-state index in [4.69, 9.17) is 15.7 Å². The molecule has 0 aliphatic carbocycles. The minimum atomic E-state index is 0.629. The van der Waals surface area contributed by atoms with Crippen LogP contribution in [0.25, 0.3) is 16.7 Å². The van der Waals surface area contributed by atoms with Crippen LogP contribution in [0.1, 0.15) is 42.5 Å². The Bertz CT molecular complexity index is 1210. The third kappa shape index (κ3) is 5.08. The quantitative estimate of drug-likeness (QED) is 0.286. The molecule has 0 fully saturated rings. The van der Waals surface area contributed by atoms with Crippen LogP contribution in [0.2, 0.25) is 0 Å². The maximum atomic E-state index is 5.87. The second-order valence-electron chi connectivity index (χ2n) is 7.81. The summed E-state index contributed by atoms with van der Waals surface area (Å²) in [6.45, 7) is 7.37. The highest BCUT2D eigenvalue weighted by Gasteiger charge is 2.14. The van der Waals surface area contributed by atoms with Gasteiger partial charge in [0, 0.05) is 31.4 Å². The van der Waals surface area contributed by atoms with Crippen molar-refractivity contribution in [2.45, 2.75) is 32.6 Å². The molecule has 32 heavy (non-hydrogen) atoms. The number of anilines is 3. The second kappa shape index (κ2) is 9.82. The topological polar surface area (TPSA) is 93.7 Å². The first-order valence-corrected chi connectivity index (χ1v) is 11.7. The average Bonchev–Trinajstić information content (AvgIpc) is 3.39. The standard InChI is InChI=1S/C24H29N7S/c1-4-5-6-13-26-18-9-7-17(8-10-18)14-22-29-23(19-15-27-31(3)24(19)30-22)28-16(2)20-11-12-21(25)32-20/h7-12,15,26H,2,4-6,13-14,25H2,1,3H3,(H,28,29,30). The largest absolute Gasteiger partial charge is 0.391 e. The zero-order valence-electron chi connectivity index (χ0n) is 18.6. The lowest BCUT2D eigenvalue weighted by atomic mass is 10.1. The van der Waals surface area contributed by atoms with Gasteiger partial charge in [-0.15, -0.1) is 11.3 Å². The van der Waals surface area contributed by atoms with E-state index in [0.29, 0.717) is 12.2 Å². The molecule has 0 amide bonds. The first-order chi connectivity index (χ1) is 15.5. The first-order valence-electron chi connectivity index (χ1n) is 10.9. The molecule has 0 saturated carbocycles. The number of fused-ring (bicyclic) bond motifs is 1. The molecule has 0 radical (unpaired) electrons.